The molecule has 1 unspecified atom stereocenters. The number of rotatable bonds is 0. The molecule has 0 aliphatic heterocycles. The summed E-state index contributed by atoms with van der Waals surface area (Å²) in [6.07, 6.45) is 4.03. The first-order valence-corrected chi connectivity index (χ1v) is 5.37. The molecule has 0 radical (unpaired) electrons. The van der Waals surface area contributed by atoms with Crippen LogP contribution in [0.1, 0.15) is 43.7 Å². The molecule has 0 nitrogen and oxygen atoms in total. The summed E-state index contributed by atoms with van der Waals surface area (Å²) in [5, 5.41) is 0. The lowest BCUT2D eigenvalue weighted by molar-refractivity contribution is 0.455. The number of hydrogen-bond acceptors (Lipinski definition) is 0. The summed E-state index contributed by atoms with van der Waals surface area (Å²) in [5.41, 5.74) is 3.17. The van der Waals surface area contributed by atoms with Crippen LogP contribution in [0.3, 0.4) is 0 Å². The number of benzene rings is 1. The van der Waals surface area contributed by atoms with Crippen molar-refractivity contribution < 1.29 is 0 Å². The van der Waals surface area contributed by atoms with Crippen LogP contribution in [0.4, 0.5) is 0 Å². The van der Waals surface area contributed by atoms with Gasteiger partial charge in [0.2, 0.25) is 0 Å². The van der Waals surface area contributed by atoms with Crippen molar-refractivity contribution in [3.05, 3.63) is 35.4 Å². The Morgan fingerprint density at radius 2 is 1.92 bits per heavy atom. The second kappa shape index (κ2) is 3.53. The van der Waals surface area contributed by atoms with Gasteiger partial charge in [-0.1, -0.05) is 38.1 Å². The Kier molecular flexibility index (Phi) is 2.39. The summed E-state index contributed by atoms with van der Waals surface area (Å²) in [5.74, 6) is 1.60. The molecule has 0 heteroatoms. The van der Waals surface area contributed by atoms with E-state index in [-0.39, 0.29) is 0 Å². The van der Waals surface area contributed by atoms with Crippen LogP contribution >= 0.6 is 0 Å². The van der Waals surface area contributed by atoms with Crippen LogP contribution < -0.4 is 0 Å². The van der Waals surface area contributed by atoms with Gasteiger partial charge in [0.1, 0.15) is 0 Å². The van der Waals surface area contributed by atoms with Gasteiger partial charge in [-0.05, 0) is 42.2 Å². The Morgan fingerprint density at radius 3 is 2.77 bits per heavy atom. The second-order valence-electron chi connectivity index (χ2n) is 4.36. The second-order valence-corrected chi connectivity index (χ2v) is 4.36. The maximum absolute atomic E-state index is 2.38. The van der Waals surface area contributed by atoms with Crippen molar-refractivity contribution in [1.82, 2.24) is 0 Å². The van der Waals surface area contributed by atoms with Gasteiger partial charge < -0.3 is 0 Å². The van der Waals surface area contributed by atoms with Crippen LogP contribution in [-0.4, -0.2) is 0 Å². The molecule has 0 spiro atoms. The standard InChI is InChI=1S/C13H18/c1-10-6-5-8-12-7-3-4-9-13(12)11(10)2/h3-4,7,9-11H,5-6,8H2,1-2H3/t10?,11-/m1/s1. The van der Waals surface area contributed by atoms with Crippen LogP contribution in [0.15, 0.2) is 24.3 Å². The van der Waals surface area contributed by atoms with Gasteiger partial charge in [-0.25, -0.2) is 0 Å². The maximum Gasteiger partial charge on any atom is -0.0162 e. The molecule has 0 fully saturated rings. The summed E-state index contributed by atoms with van der Waals surface area (Å²) in [4.78, 5) is 0. The first kappa shape index (κ1) is 8.80. The Balaban J connectivity index is 2.40. The topological polar surface area (TPSA) is 0 Å². The van der Waals surface area contributed by atoms with E-state index in [4.69, 9.17) is 0 Å². The van der Waals surface area contributed by atoms with Gasteiger partial charge in [0.15, 0.2) is 0 Å². The molecule has 0 saturated heterocycles. The Labute approximate surface area is 81.0 Å². The number of hydrogen-bond donors (Lipinski definition) is 0. The zero-order valence-corrected chi connectivity index (χ0v) is 8.59. The molecule has 0 heterocycles. The Bertz CT molecular complexity index is 288. The summed E-state index contributed by atoms with van der Waals surface area (Å²) in [6, 6.07) is 8.95. The fourth-order valence-corrected chi connectivity index (χ4v) is 2.38. The van der Waals surface area contributed by atoms with Gasteiger partial charge in [-0.2, -0.15) is 0 Å². The number of aryl methyl sites for hydroxylation is 1. The third-order valence-electron chi connectivity index (χ3n) is 3.50. The molecule has 1 aromatic carbocycles. The Morgan fingerprint density at radius 1 is 1.15 bits per heavy atom. The van der Waals surface area contributed by atoms with Crippen LogP contribution in [0, 0.1) is 5.92 Å². The lowest BCUT2D eigenvalue weighted by Gasteiger charge is -2.18. The third kappa shape index (κ3) is 1.63. The monoisotopic (exact) mass is 174 g/mol. The number of fused-ring (bicyclic) bond motifs is 1. The quantitative estimate of drug-likeness (QED) is 0.525. The maximum atomic E-state index is 2.38. The van der Waals surface area contributed by atoms with Gasteiger partial charge >= 0.3 is 0 Å². The van der Waals surface area contributed by atoms with Crippen molar-refractivity contribution in [2.24, 2.45) is 5.92 Å². The van der Waals surface area contributed by atoms with Crippen LogP contribution in [0.2, 0.25) is 0 Å². The highest BCUT2D eigenvalue weighted by atomic mass is 14.2. The molecular weight excluding hydrogens is 156 g/mol. The minimum atomic E-state index is 0.749. The van der Waals surface area contributed by atoms with Crippen molar-refractivity contribution in [2.45, 2.75) is 39.0 Å². The van der Waals surface area contributed by atoms with Gasteiger partial charge in [0.25, 0.3) is 0 Å². The summed E-state index contributed by atoms with van der Waals surface area (Å²) >= 11 is 0. The van der Waals surface area contributed by atoms with Crippen molar-refractivity contribution in [1.29, 1.82) is 0 Å². The SMILES string of the molecule is CC1CCCc2ccccc2[C@@H]1C. The Hall–Kier alpha value is -0.780. The normalized spacial score (nSPS) is 27.8. The van der Waals surface area contributed by atoms with Crippen molar-refractivity contribution in [3.63, 3.8) is 0 Å². The van der Waals surface area contributed by atoms with E-state index in [2.05, 4.69) is 38.1 Å². The average Bonchev–Trinajstić information content (AvgIpc) is 2.29. The zero-order valence-electron chi connectivity index (χ0n) is 8.59. The molecule has 1 aliphatic carbocycles. The molecule has 13 heavy (non-hydrogen) atoms. The minimum Gasteiger partial charge on any atom is -0.0620 e. The highest BCUT2D eigenvalue weighted by Gasteiger charge is 2.19. The minimum absolute atomic E-state index is 0.749. The third-order valence-corrected chi connectivity index (χ3v) is 3.50. The van der Waals surface area contributed by atoms with E-state index in [0.29, 0.717) is 0 Å². The van der Waals surface area contributed by atoms with Gasteiger partial charge in [0.05, 0.1) is 0 Å². The van der Waals surface area contributed by atoms with E-state index in [9.17, 15) is 0 Å². The predicted octanol–water partition coefficient (Wildman–Crippen LogP) is 3.76. The average molecular weight is 174 g/mol. The van der Waals surface area contributed by atoms with E-state index in [1.54, 1.807) is 11.1 Å². The largest absolute Gasteiger partial charge is 0.0620 e. The zero-order chi connectivity index (χ0) is 9.26. The van der Waals surface area contributed by atoms with E-state index < -0.39 is 0 Å². The molecular formula is C13H18. The van der Waals surface area contributed by atoms with E-state index >= 15 is 0 Å². The van der Waals surface area contributed by atoms with E-state index in [1.165, 1.54) is 19.3 Å². The molecule has 1 aromatic rings. The van der Waals surface area contributed by atoms with Gasteiger partial charge in [-0.3, -0.25) is 0 Å². The first-order chi connectivity index (χ1) is 6.29. The van der Waals surface area contributed by atoms with Gasteiger partial charge in [0, 0.05) is 0 Å². The molecule has 1 aliphatic rings. The van der Waals surface area contributed by atoms with E-state index in [0.717, 1.165) is 11.8 Å². The molecule has 0 bridgehead atoms. The predicted molar refractivity (Wildman–Crippen MR) is 57.0 cm³/mol. The first-order valence-electron chi connectivity index (χ1n) is 5.37. The fourth-order valence-electron chi connectivity index (χ4n) is 2.38. The van der Waals surface area contributed by atoms with Gasteiger partial charge in [-0.15, -0.1) is 0 Å². The summed E-state index contributed by atoms with van der Waals surface area (Å²) in [6.45, 7) is 4.75. The highest BCUT2D eigenvalue weighted by molar-refractivity contribution is 5.31. The molecule has 0 aromatic heterocycles. The van der Waals surface area contributed by atoms with E-state index in [1.807, 2.05) is 0 Å². The lowest BCUT2D eigenvalue weighted by atomic mass is 9.87. The molecule has 0 N–H and O–H groups in total. The molecule has 2 rings (SSSR count). The molecule has 0 saturated carbocycles. The summed E-state index contributed by atoms with van der Waals surface area (Å²) in [7, 11) is 0. The molecule has 70 valence electrons. The van der Waals surface area contributed by atoms with Crippen molar-refractivity contribution >= 4 is 0 Å². The molecule has 0 amide bonds. The lowest BCUT2D eigenvalue weighted by Crippen LogP contribution is -2.04. The van der Waals surface area contributed by atoms with Crippen molar-refractivity contribution in [2.75, 3.05) is 0 Å². The fraction of sp³-hybridized carbons (Fsp3) is 0.538. The van der Waals surface area contributed by atoms with Crippen LogP contribution in [-0.2, 0) is 6.42 Å². The summed E-state index contributed by atoms with van der Waals surface area (Å²) < 4.78 is 0. The smallest absolute Gasteiger partial charge is 0.0162 e. The van der Waals surface area contributed by atoms with Crippen molar-refractivity contribution in [3.8, 4) is 0 Å². The van der Waals surface area contributed by atoms with Crippen LogP contribution in [0.5, 0.6) is 0 Å². The highest BCUT2D eigenvalue weighted by Crippen LogP contribution is 2.33. The van der Waals surface area contributed by atoms with Crippen LogP contribution in [0.25, 0.3) is 0 Å². The molecule has 2 atom stereocenters.